The summed E-state index contributed by atoms with van der Waals surface area (Å²) in [4.78, 5) is 16.2. The third kappa shape index (κ3) is 2.16. The second-order valence-corrected chi connectivity index (χ2v) is 5.03. The van der Waals surface area contributed by atoms with E-state index in [1.807, 2.05) is 18.2 Å². The molecule has 19 heavy (non-hydrogen) atoms. The van der Waals surface area contributed by atoms with Crippen LogP contribution in [0.2, 0.25) is 0 Å². The first-order chi connectivity index (χ1) is 9.19. The highest BCUT2D eigenvalue weighted by atomic mass is 16.5. The molecular weight excluding hydrogens is 240 g/mol. The van der Waals surface area contributed by atoms with Gasteiger partial charge in [0, 0.05) is 18.6 Å². The van der Waals surface area contributed by atoms with E-state index in [1.165, 1.54) is 0 Å². The number of ketones is 1. The van der Waals surface area contributed by atoms with Crippen molar-refractivity contribution < 1.29 is 9.53 Å². The third-order valence-corrected chi connectivity index (χ3v) is 3.73. The van der Waals surface area contributed by atoms with Crippen LogP contribution in [0.4, 0.5) is 0 Å². The van der Waals surface area contributed by atoms with Crippen LogP contribution in [0.3, 0.4) is 0 Å². The number of ether oxygens (including phenoxy) is 1. The Morgan fingerprint density at radius 3 is 2.89 bits per heavy atom. The van der Waals surface area contributed by atoms with E-state index in [2.05, 4.69) is 16.5 Å². The highest BCUT2D eigenvalue weighted by molar-refractivity contribution is 5.97. The predicted molar refractivity (Wildman–Crippen MR) is 73.5 cm³/mol. The molecule has 1 aromatic heterocycles. The van der Waals surface area contributed by atoms with Crippen molar-refractivity contribution in [1.29, 1.82) is 0 Å². The monoisotopic (exact) mass is 258 g/mol. The zero-order valence-corrected chi connectivity index (χ0v) is 11.3. The Bertz CT molecular complexity index is 626. The highest BCUT2D eigenvalue weighted by Gasteiger charge is 2.21. The quantitative estimate of drug-likeness (QED) is 0.792. The maximum Gasteiger partial charge on any atom is 0.159 e. The molecule has 0 saturated carbocycles. The van der Waals surface area contributed by atoms with Crippen LogP contribution in [0.15, 0.2) is 18.2 Å². The second-order valence-electron chi connectivity index (χ2n) is 5.03. The average molecular weight is 258 g/mol. The maximum absolute atomic E-state index is 11.5. The maximum atomic E-state index is 11.5. The number of fused-ring (bicyclic) bond motifs is 1. The van der Waals surface area contributed by atoms with Crippen LogP contribution in [0, 0.1) is 0 Å². The molecule has 0 amide bonds. The number of benzene rings is 1. The van der Waals surface area contributed by atoms with E-state index in [9.17, 15) is 4.79 Å². The number of carbonyl (C=O) groups is 1. The third-order valence-electron chi connectivity index (χ3n) is 3.73. The minimum Gasteiger partial charge on any atom is -0.376 e. The van der Waals surface area contributed by atoms with Crippen LogP contribution in [0.1, 0.15) is 36.5 Å². The van der Waals surface area contributed by atoms with Crippen molar-refractivity contribution in [2.45, 2.75) is 39.3 Å². The van der Waals surface area contributed by atoms with E-state index in [0.717, 1.165) is 48.4 Å². The first kappa shape index (κ1) is 12.4. The summed E-state index contributed by atoms with van der Waals surface area (Å²) in [6, 6.07) is 5.73. The van der Waals surface area contributed by atoms with Crippen LogP contribution in [0.25, 0.3) is 11.0 Å². The van der Waals surface area contributed by atoms with Crippen LogP contribution in [-0.2, 0) is 17.7 Å². The SMILES string of the molecule is CCc1nc2ccc(C(C)=O)cc2n1CC1CCO1. The molecule has 4 heteroatoms. The summed E-state index contributed by atoms with van der Waals surface area (Å²) < 4.78 is 7.71. The van der Waals surface area contributed by atoms with Gasteiger partial charge in [0.1, 0.15) is 5.82 Å². The van der Waals surface area contributed by atoms with Crippen molar-refractivity contribution in [3.8, 4) is 0 Å². The summed E-state index contributed by atoms with van der Waals surface area (Å²) in [5.41, 5.74) is 2.74. The molecule has 0 N–H and O–H groups in total. The smallest absolute Gasteiger partial charge is 0.159 e. The van der Waals surface area contributed by atoms with E-state index in [1.54, 1.807) is 6.92 Å². The Hall–Kier alpha value is -1.68. The van der Waals surface area contributed by atoms with Gasteiger partial charge < -0.3 is 9.30 Å². The number of hydrogen-bond donors (Lipinski definition) is 0. The second kappa shape index (κ2) is 4.78. The molecule has 1 aliphatic rings. The van der Waals surface area contributed by atoms with Gasteiger partial charge in [-0.1, -0.05) is 6.92 Å². The molecule has 1 fully saturated rings. The van der Waals surface area contributed by atoms with E-state index < -0.39 is 0 Å². The number of imidazole rings is 1. The van der Waals surface area contributed by atoms with E-state index >= 15 is 0 Å². The lowest BCUT2D eigenvalue weighted by atomic mass is 10.1. The summed E-state index contributed by atoms with van der Waals surface area (Å²) in [5, 5.41) is 0. The van der Waals surface area contributed by atoms with Gasteiger partial charge in [-0.25, -0.2) is 4.98 Å². The Morgan fingerprint density at radius 1 is 1.53 bits per heavy atom. The summed E-state index contributed by atoms with van der Waals surface area (Å²) in [7, 11) is 0. The Kier molecular flexibility index (Phi) is 3.11. The molecule has 4 nitrogen and oxygen atoms in total. The lowest BCUT2D eigenvalue weighted by molar-refractivity contribution is -0.0589. The lowest BCUT2D eigenvalue weighted by Gasteiger charge is -2.27. The molecule has 1 saturated heterocycles. The van der Waals surface area contributed by atoms with Gasteiger partial charge in [-0.05, 0) is 31.5 Å². The molecule has 2 aromatic rings. The number of rotatable bonds is 4. The molecule has 1 unspecified atom stereocenters. The minimum atomic E-state index is 0.0904. The van der Waals surface area contributed by atoms with Gasteiger partial charge in [0.05, 0.1) is 23.7 Å². The number of Topliss-reactive ketones (excluding diaryl/α,β-unsaturated/α-hetero) is 1. The van der Waals surface area contributed by atoms with Crippen molar-refractivity contribution >= 4 is 16.8 Å². The average Bonchev–Trinajstić information content (AvgIpc) is 2.70. The topological polar surface area (TPSA) is 44.1 Å². The summed E-state index contributed by atoms with van der Waals surface area (Å²) in [5.74, 6) is 1.15. The molecule has 1 aromatic carbocycles. The number of hydrogen-bond acceptors (Lipinski definition) is 3. The fourth-order valence-corrected chi connectivity index (χ4v) is 2.50. The molecule has 0 radical (unpaired) electrons. The number of nitrogens with zero attached hydrogens (tertiary/aromatic N) is 2. The van der Waals surface area contributed by atoms with Gasteiger partial charge in [-0.3, -0.25) is 4.79 Å². The minimum absolute atomic E-state index is 0.0904. The molecular formula is C15H18N2O2. The molecule has 3 rings (SSSR count). The van der Waals surface area contributed by atoms with Crippen LogP contribution >= 0.6 is 0 Å². The summed E-state index contributed by atoms with van der Waals surface area (Å²) in [6.45, 7) is 5.39. The molecule has 0 aliphatic carbocycles. The van der Waals surface area contributed by atoms with Gasteiger partial charge in [0.15, 0.2) is 5.78 Å². The predicted octanol–water partition coefficient (Wildman–Crippen LogP) is 2.59. The molecule has 100 valence electrons. The van der Waals surface area contributed by atoms with Gasteiger partial charge in [-0.2, -0.15) is 0 Å². The standard InChI is InChI=1S/C15H18N2O2/c1-3-15-16-13-5-4-11(10(2)18)8-14(13)17(15)9-12-6-7-19-12/h4-5,8,12H,3,6-7,9H2,1-2H3. The Morgan fingerprint density at radius 2 is 2.32 bits per heavy atom. The largest absolute Gasteiger partial charge is 0.376 e. The zero-order chi connectivity index (χ0) is 13.4. The van der Waals surface area contributed by atoms with Crippen molar-refractivity contribution in [2.24, 2.45) is 0 Å². The molecule has 1 aliphatic heterocycles. The Balaban J connectivity index is 2.08. The lowest BCUT2D eigenvalue weighted by Crippen LogP contribution is -2.31. The van der Waals surface area contributed by atoms with Gasteiger partial charge in [-0.15, -0.1) is 0 Å². The summed E-state index contributed by atoms with van der Waals surface area (Å²) in [6.07, 6.45) is 2.29. The number of carbonyl (C=O) groups excluding carboxylic acids is 1. The summed E-state index contributed by atoms with van der Waals surface area (Å²) >= 11 is 0. The van der Waals surface area contributed by atoms with E-state index in [0.29, 0.717) is 6.10 Å². The number of aromatic nitrogens is 2. The zero-order valence-electron chi connectivity index (χ0n) is 11.3. The molecule has 1 atom stereocenters. The molecule has 0 spiro atoms. The number of aryl methyl sites for hydroxylation is 1. The fourth-order valence-electron chi connectivity index (χ4n) is 2.50. The first-order valence-electron chi connectivity index (χ1n) is 6.80. The van der Waals surface area contributed by atoms with E-state index in [-0.39, 0.29) is 5.78 Å². The first-order valence-corrected chi connectivity index (χ1v) is 6.80. The van der Waals surface area contributed by atoms with Crippen molar-refractivity contribution in [3.63, 3.8) is 0 Å². The highest BCUT2D eigenvalue weighted by Crippen LogP contribution is 2.22. The van der Waals surface area contributed by atoms with Gasteiger partial charge >= 0.3 is 0 Å². The van der Waals surface area contributed by atoms with Crippen LogP contribution in [0.5, 0.6) is 0 Å². The van der Waals surface area contributed by atoms with Gasteiger partial charge in [0.2, 0.25) is 0 Å². The Labute approximate surface area is 112 Å². The van der Waals surface area contributed by atoms with Crippen molar-refractivity contribution in [1.82, 2.24) is 9.55 Å². The normalized spacial score (nSPS) is 18.5. The van der Waals surface area contributed by atoms with E-state index in [4.69, 9.17) is 4.74 Å². The molecule has 2 heterocycles. The van der Waals surface area contributed by atoms with Crippen LogP contribution in [-0.4, -0.2) is 28.0 Å². The van der Waals surface area contributed by atoms with Gasteiger partial charge in [0.25, 0.3) is 0 Å². The molecule has 0 bridgehead atoms. The van der Waals surface area contributed by atoms with Crippen molar-refractivity contribution in [3.05, 3.63) is 29.6 Å². The van der Waals surface area contributed by atoms with Crippen molar-refractivity contribution in [2.75, 3.05) is 6.61 Å². The van der Waals surface area contributed by atoms with Crippen LogP contribution < -0.4 is 0 Å². The fraction of sp³-hybridized carbons (Fsp3) is 0.467.